The molecule has 0 aromatic heterocycles. The smallest absolute Gasteiger partial charge is 0.269 e. The predicted molar refractivity (Wildman–Crippen MR) is 96.9 cm³/mol. The molecule has 2 aromatic rings. The number of carbonyl (C=O) groups is 1. The Bertz CT molecular complexity index is 630. The number of rotatable bonds is 4. The van der Waals surface area contributed by atoms with Crippen LogP contribution in [0.1, 0.15) is 15.9 Å². The summed E-state index contributed by atoms with van der Waals surface area (Å²) in [6, 6.07) is 17.0. The third-order valence-electron chi connectivity index (χ3n) is 2.85. The molecule has 22 heavy (non-hydrogen) atoms. The van der Waals surface area contributed by atoms with Crippen LogP contribution in [-0.2, 0) is 5.75 Å². The third-order valence-corrected chi connectivity index (χ3v) is 3.67. The molecule has 0 saturated heterocycles. The largest absolute Gasteiger partial charge is 0.331 e. The fourth-order valence-electron chi connectivity index (χ4n) is 1.79. The second kappa shape index (κ2) is 8.41. The Morgan fingerprint density at radius 2 is 1.73 bits per heavy atom. The molecule has 0 aliphatic carbocycles. The summed E-state index contributed by atoms with van der Waals surface area (Å²) in [6.45, 7) is 0. The Balaban J connectivity index is 1.83. The predicted octanol–water partition coefficient (Wildman–Crippen LogP) is 3.18. The quantitative estimate of drug-likeness (QED) is 0.593. The summed E-state index contributed by atoms with van der Waals surface area (Å²) < 4.78 is 0. The summed E-state index contributed by atoms with van der Waals surface area (Å²) in [5, 5.41) is 3.31. The van der Waals surface area contributed by atoms with Gasteiger partial charge in [-0.15, -0.1) is 0 Å². The van der Waals surface area contributed by atoms with Crippen molar-refractivity contribution in [3.05, 3.63) is 65.7 Å². The molecule has 6 heteroatoms. The molecule has 0 bridgehead atoms. The lowest BCUT2D eigenvalue weighted by Crippen LogP contribution is -2.43. The number of nitrogens with one attached hydrogen (secondary N) is 3. The van der Waals surface area contributed by atoms with Gasteiger partial charge in [-0.25, -0.2) is 0 Å². The Labute approximate surface area is 139 Å². The molecule has 0 saturated carbocycles. The Kier molecular flexibility index (Phi) is 6.24. The molecule has 0 unspecified atom stereocenters. The molecule has 2 aromatic carbocycles. The van der Waals surface area contributed by atoms with Crippen LogP contribution in [0.3, 0.4) is 0 Å². The standard InChI is InChI=1S/C16H17N3OS2/c1-22-11-12-7-9-13(10-8-12)15(20)18-19-16(21)17-14-5-3-2-4-6-14/h2-10H,11H2,1H3,(H,18,20)(H2,17,19,21). The molecule has 114 valence electrons. The van der Waals surface area contributed by atoms with Crippen molar-refractivity contribution in [2.24, 2.45) is 0 Å². The van der Waals surface area contributed by atoms with Crippen LogP contribution in [-0.4, -0.2) is 17.3 Å². The Morgan fingerprint density at radius 1 is 1.05 bits per heavy atom. The molecular formula is C16H17N3OS2. The van der Waals surface area contributed by atoms with Crippen LogP contribution in [0.2, 0.25) is 0 Å². The van der Waals surface area contributed by atoms with Crippen LogP contribution < -0.4 is 16.2 Å². The molecule has 0 fully saturated rings. The van der Waals surface area contributed by atoms with E-state index in [0.717, 1.165) is 11.4 Å². The number of hydrazine groups is 1. The second-order valence-electron chi connectivity index (χ2n) is 4.53. The van der Waals surface area contributed by atoms with Crippen molar-refractivity contribution in [2.45, 2.75) is 5.75 Å². The molecular weight excluding hydrogens is 314 g/mol. The minimum Gasteiger partial charge on any atom is -0.331 e. The van der Waals surface area contributed by atoms with Crippen LogP contribution in [0.25, 0.3) is 0 Å². The van der Waals surface area contributed by atoms with Gasteiger partial charge in [0.25, 0.3) is 5.91 Å². The van der Waals surface area contributed by atoms with Gasteiger partial charge in [-0.3, -0.25) is 15.6 Å². The molecule has 3 N–H and O–H groups in total. The minimum absolute atomic E-state index is 0.229. The molecule has 1 amide bonds. The van der Waals surface area contributed by atoms with E-state index in [2.05, 4.69) is 16.2 Å². The number of hydrogen-bond donors (Lipinski definition) is 3. The fraction of sp³-hybridized carbons (Fsp3) is 0.125. The average molecular weight is 331 g/mol. The highest BCUT2D eigenvalue weighted by Gasteiger charge is 2.05. The number of amides is 1. The van der Waals surface area contributed by atoms with Crippen molar-refractivity contribution < 1.29 is 4.79 Å². The number of thiocarbonyl (C=S) groups is 1. The van der Waals surface area contributed by atoms with E-state index in [-0.39, 0.29) is 5.91 Å². The molecule has 0 radical (unpaired) electrons. The molecule has 0 atom stereocenters. The van der Waals surface area contributed by atoms with Crippen molar-refractivity contribution in [2.75, 3.05) is 11.6 Å². The van der Waals surface area contributed by atoms with Crippen molar-refractivity contribution >= 4 is 40.7 Å². The van der Waals surface area contributed by atoms with E-state index in [1.54, 1.807) is 23.9 Å². The van der Waals surface area contributed by atoms with Gasteiger partial charge in [0.05, 0.1) is 0 Å². The van der Waals surface area contributed by atoms with Crippen LogP contribution >= 0.6 is 24.0 Å². The van der Waals surface area contributed by atoms with Crippen molar-refractivity contribution in [3.8, 4) is 0 Å². The number of benzene rings is 2. The first kappa shape index (κ1) is 16.3. The summed E-state index contributed by atoms with van der Waals surface area (Å²) >= 11 is 6.87. The molecule has 0 aliphatic heterocycles. The monoisotopic (exact) mass is 331 g/mol. The van der Waals surface area contributed by atoms with Gasteiger partial charge in [0.2, 0.25) is 0 Å². The lowest BCUT2D eigenvalue weighted by atomic mass is 10.1. The van der Waals surface area contributed by atoms with Gasteiger partial charge in [0.1, 0.15) is 0 Å². The van der Waals surface area contributed by atoms with Crippen LogP contribution in [0.15, 0.2) is 54.6 Å². The Hall–Kier alpha value is -2.05. The maximum Gasteiger partial charge on any atom is 0.269 e. The number of thioether (sulfide) groups is 1. The van der Waals surface area contributed by atoms with Gasteiger partial charge in [0.15, 0.2) is 5.11 Å². The summed E-state index contributed by atoms with van der Waals surface area (Å²) in [5.74, 6) is 0.707. The zero-order chi connectivity index (χ0) is 15.8. The minimum atomic E-state index is -0.229. The van der Waals surface area contributed by atoms with E-state index >= 15 is 0 Å². The molecule has 2 rings (SSSR count). The van der Waals surface area contributed by atoms with Gasteiger partial charge in [0, 0.05) is 17.0 Å². The zero-order valence-electron chi connectivity index (χ0n) is 12.1. The summed E-state index contributed by atoms with van der Waals surface area (Å²) in [6.07, 6.45) is 2.05. The third kappa shape index (κ3) is 5.05. The summed E-state index contributed by atoms with van der Waals surface area (Å²) in [5.41, 5.74) is 7.89. The van der Waals surface area contributed by atoms with Crippen molar-refractivity contribution in [1.82, 2.24) is 10.9 Å². The number of carbonyl (C=O) groups excluding carboxylic acids is 1. The average Bonchev–Trinajstić information content (AvgIpc) is 2.54. The molecule has 0 aliphatic rings. The van der Waals surface area contributed by atoms with E-state index < -0.39 is 0 Å². The summed E-state index contributed by atoms with van der Waals surface area (Å²) in [4.78, 5) is 12.0. The van der Waals surface area contributed by atoms with Crippen molar-refractivity contribution in [1.29, 1.82) is 0 Å². The highest BCUT2D eigenvalue weighted by atomic mass is 32.2. The number of para-hydroxylation sites is 1. The molecule has 0 spiro atoms. The van der Waals surface area contributed by atoms with E-state index in [0.29, 0.717) is 10.7 Å². The van der Waals surface area contributed by atoms with Gasteiger partial charge in [-0.05, 0) is 48.3 Å². The van der Waals surface area contributed by atoms with Crippen LogP contribution in [0.4, 0.5) is 5.69 Å². The lowest BCUT2D eigenvalue weighted by Gasteiger charge is -2.11. The van der Waals surface area contributed by atoms with Gasteiger partial charge in [-0.2, -0.15) is 11.8 Å². The molecule has 4 nitrogen and oxygen atoms in total. The first-order chi connectivity index (χ1) is 10.7. The van der Waals surface area contributed by atoms with E-state index in [1.165, 1.54) is 5.56 Å². The van der Waals surface area contributed by atoms with Gasteiger partial charge >= 0.3 is 0 Å². The lowest BCUT2D eigenvalue weighted by molar-refractivity contribution is 0.0944. The van der Waals surface area contributed by atoms with Crippen molar-refractivity contribution in [3.63, 3.8) is 0 Å². The second-order valence-corrected chi connectivity index (χ2v) is 5.80. The number of anilines is 1. The van der Waals surface area contributed by atoms with Gasteiger partial charge < -0.3 is 5.32 Å². The first-order valence-corrected chi connectivity index (χ1v) is 8.49. The molecule has 0 heterocycles. The first-order valence-electron chi connectivity index (χ1n) is 6.69. The van der Waals surface area contributed by atoms with Crippen LogP contribution in [0.5, 0.6) is 0 Å². The maximum absolute atomic E-state index is 12.0. The van der Waals surface area contributed by atoms with Crippen LogP contribution in [0, 0.1) is 0 Å². The Morgan fingerprint density at radius 3 is 2.36 bits per heavy atom. The van der Waals surface area contributed by atoms with E-state index in [4.69, 9.17) is 12.2 Å². The SMILES string of the molecule is CSCc1ccc(C(=O)NNC(=S)Nc2ccccc2)cc1. The summed E-state index contributed by atoms with van der Waals surface area (Å²) in [7, 11) is 0. The maximum atomic E-state index is 12.0. The van der Waals surface area contributed by atoms with E-state index in [1.807, 2.05) is 48.7 Å². The zero-order valence-corrected chi connectivity index (χ0v) is 13.8. The van der Waals surface area contributed by atoms with E-state index in [9.17, 15) is 4.79 Å². The normalized spacial score (nSPS) is 9.86. The highest BCUT2D eigenvalue weighted by molar-refractivity contribution is 7.97. The van der Waals surface area contributed by atoms with Gasteiger partial charge in [-0.1, -0.05) is 30.3 Å². The fourth-order valence-corrected chi connectivity index (χ4v) is 2.48. The topological polar surface area (TPSA) is 53.2 Å². The highest BCUT2D eigenvalue weighted by Crippen LogP contribution is 2.10. The number of hydrogen-bond acceptors (Lipinski definition) is 3.